The fourth-order valence-corrected chi connectivity index (χ4v) is 4.19. The van der Waals surface area contributed by atoms with E-state index in [4.69, 9.17) is 11.6 Å². The molecule has 1 aliphatic heterocycles. The molecule has 1 heterocycles. The number of hydrogen-bond acceptors (Lipinski definition) is 4. The van der Waals surface area contributed by atoms with E-state index in [1.807, 2.05) is 37.4 Å². The van der Waals surface area contributed by atoms with Gasteiger partial charge in [0.1, 0.15) is 0 Å². The van der Waals surface area contributed by atoms with Gasteiger partial charge < -0.3 is 9.80 Å². The highest BCUT2D eigenvalue weighted by molar-refractivity contribution is 7.89. The zero-order valence-electron chi connectivity index (χ0n) is 15.2. The maximum Gasteiger partial charge on any atom is 0.256 e. The van der Waals surface area contributed by atoms with Crippen molar-refractivity contribution in [2.45, 2.75) is 10.9 Å². The number of carbonyl (C=O) groups excluding carboxylic acids is 1. The fourth-order valence-electron chi connectivity index (χ4n) is 3.23. The molecule has 0 aliphatic carbocycles. The summed E-state index contributed by atoms with van der Waals surface area (Å²) in [6.45, 7) is 1.97. The number of nitrogens with one attached hydrogen (secondary N) is 1. The number of likely N-dealkylation sites (N-methyl/N-ethyl adjacent to an activating group) is 1. The minimum atomic E-state index is -3.66. The lowest BCUT2D eigenvalue weighted by atomic mass is 10.0. The Morgan fingerprint density at radius 1 is 1.15 bits per heavy atom. The van der Waals surface area contributed by atoms with Crippen LogP contribution in [0.1, 0.15) is 22.0 Å². The third-order valence-electron chi connectivity index (χ3n) is 4.78. The standard InChI is InChI=1S/C19H22ClN3O3S/c1-21-27(25,26)15-8-9-17(20)16(12-15)19(24)23-11-10-22(2)13-18(23)14-6-4-3-5-7-14/h3-9,12,18,21H,10-11,13H2,1-2H3. The van der Waals surface area contributed by atoms with Gasteiger partial charge in [0.25, 0.3) is 5.91 Å². The van der Waals surface area contributed by atoms with Crippen molar-refractivity contribution in [1.29, 1.82) is 0 Å². The normalized spacial score (nSPS) is 18.5. The monoisotopic (exact) mass is 407 g/mol. The highest BCUT2D eigenvalue weighted by Gasteiger charge is 2.32. The maximum absolute atomic E-state index is 13.3. The van der Waals surface area contributed by atoms with Gasteiger partial charge in [-0.3, -0.25) is 4.79 Å². The summed E-state index contributed by atoms with van der Waals surface area (Å²) in [4.78, 5) is 17.2. The van der Waals surface area contributed by atoms with Crippen molar-refractivity contribution in [2.75, 3.05) is 33.7 Å². The number of sulfonamides is 1. The molecule has 6 nitrogen and oxygen atoms in total. The predicted molar refractivity (Wildman–Crippen MR) is 105 cm³/mol. The SMILES string of the molecule is CNS(=O)(=O)c1ccc(Cl)c(C(=O)N2CCN(C)CC2c2ccccc2)c1. The Hall–Kier alpha value is -1.93. The molecule has 1 atom stereocenters. The Morgan fingerprint density at radius 3 is 2.52 bits per heavy atom. The van der Waals surface area contributed by atoms with Crippen LogP contribution in [0.2, 0.25) is 5.02 Å². The van der Waals surface area contributed by atoms with Crippen molar-refractivity contribution in [2.24, 2.45) is 0 Å². The minimum absolute atomic E-state index is 0.0168. The molecule has 1 N–H and O–H groups in total. The number of hydrogen-bond donors (Lipinski definition) is 1. The van der Waals surface area contributed by atoms with Crippen molar-refractivity contribution in [3.8, 4) is 0 Å². The fraction of sp³-hybridized carbons (Fsp3) is 0.316. The van der Waals surface area contributed by atoms with Crippen LogP contribution in [0.3, 0.4) is 0 Å². The first-order valence-electron chi connectivity index (χ1n) is 8.61. The van der Waals surface area contributed by atoms with Crippen LogP contribution in [0.25, 0.3) is 0 Å². The van der Waals surface area contributed by atoms with Gasteiger partial charge in [0, 0.05) is 19.6 Å². The first-order valence-corrected chi connectivity index (χ1v) is 10.5. The predicted octanol–water partition coefficient (Wildman–Crippen LogP) is 2.38. The van der Waals surface area contributed by atoms with Gasteiger partial charge >= 0.3 is 0 Å². The smallest absolute Gasteiger partial charge is 0.256 e. The Morgan fingerprint density at radius 2 is 1.85 bits per heavy atom. The number of carbonyl (C=O) groups is 1. The van der Waals surface area contributed by atoms with Crippen LogP contribution >= 0.6 is 11.6 Å². The number of halogens is 1. The summed E-state index contributed by atoms with van der Waals surface area (Å²) < 4.78 is 26.5. The van der Waals surface area contributed by atoms with Crippen molar-refractivity contribution in [3.05, 3.63) is 64.7 Å². The van der Waals surface area contributed by atoms with Gasteiger partial charge in [0.05, 0.1) is 21.5 Å². The van der Waals surface area contributed by atoms with Crippen LogP contribution in [0, 0.1) is 0 Å². The van der Waals surface area contributed by atoms with Crippen LogP contribution in [-0.4, -0.2) is 57.9 Å². The van der Waals surface area contributed by atoms with Gasteiger partial charge in [-0.25, -0.2) is 13.1 Å². The maximum atomic E-state index is 13.3. The van der Waals surface area contributed by atoms with Gasteiger partial charge in [0.15, 0.2) is 0 Å². The van der Waals surface area contributed by atoms with Crippen molar-refractivity contribution >= 4 is 27.5 Å². The van der Waals surface area contributed by atoms with Crippen molar-refractivity contribution in [3.63, 3.8) is 0 Å². The summed E-state index contributed by atoms with van der Waals surface area (Å²) in [6, 6.07) is 13.9. The molecule has 1 aliphatic rings. The molecule has 0 bridgehead atoms. The summed E-state index contributed by atoms with van der Waals surface area (Å²) in [5.74, 6) is -0.268. The number of amides is 1. The Balaban J connectivity index is 1.99. The zero-order valence-corrected chi connectivity index (χ0v) is 16.8. The highest BCUT2D eigenvalue weighted by atomic mass is 35.5. The molecule has 2 aromatic carbocycles. The van der Waals surface area contributed by atoms with E-state index < -0.39 is 10.0 Å². The number of piperazine rings is 1. The third-order valence-corrected chi connectivity index (χ3v) is 6.52. The molecule has 1 saturated heterocycles. The average molecular weight is 408 g/mol. The molecule has 27 heavy (non-hydrogen) atoms. The third kappa shape index (κ3) is 4.16. The molecule has 1 fully saturated rings. The zero-order chi connectivity index (χ0) is 19.6. The quantitative estimate of drug-likeness (QED) is 0.844. The van der Waals surface area contributed by atoms with E-state index in [9.17, 15) is 13.2 Å². The first-order chi connectivity index (χ1) is 12.8. The summed E-state index contributed by atoms with van der Waals surface area (Å²) >= 11 is 6.25. The van der Waals surface area contributed by atoms with E-state index in [0.29, 0.717) is 13.1 Å². The second kappa shape index (κ2) is 7.98. The van der Waals surface area contributed by atoms with Gasteiger partial charge in [-0.2, -0.15) is 0 Å². The second-order valence-electron chi connectivity index (χ2n) is 6.54. The van der Waals surface area contributed by atoms with Crippen molar-refractivity contribution in [1.82, 2.24) is 14.5 Å². The van der Waals surface area contributed by atoms with Gasteiger partial charge in [-0.1, -0.05) is 41.9 Å². The van der Waals surface area contributed by atoms with Crippen LogP contribution < -0.4 is 4.72 Å². The summed E-state index contributed by atoms with van der Waals surface area (Å²) in [5, 5.41) is 0.237. The van der Waals surface area contributed by atoms with Gasteiger partial charge in [-0.15, -0.1) is 0 Å². The Bertz CT molecular complexity index is 934. The molecular weight excluding hydrogens is 386 g/mol. The van der Waals surface area contributed by atoms with Crippen molar-refractivity contribution < 1.29 is 13.2 Å². The molecule has 3 rings (SSSR count). The number of benzene rings is 2. The molecule has 1 unspecified atom stereocenters. The number of nitrogens with zero attached hydrogens (tertiary/aromatic N) is 2. The van der Waals surface area contributed by atoms with Crippen LogP contribution in [-0.2, 0) is 10.0 Å². The Labute approximate surface area is 164 Å². The minimum Gasteiger partial charge on any atom is -0.329 e. The molecule has 0 spiro atoms. The van der Waals surface area contributed by atoms with Crippen LogP contribution in [0.15, 0.2) is 53.4 Å². The molecule has 0 radical (unpaired) electrons. The second-order valence-corrected chi connectivity index (χ2v) is 8.83. The van der Waals surface area contributed by atoms with E-state index in [2.05, 4.69) is 9.62 Å². The van der Waals surface area contributed by atoms with E-state index >= 15 is 0 Å². The lowest BCUT2D eigenvalue weighted by molar-refractivity contribution is 0.0498. The summed E-state index contributed by atoms with van der Waals surface area (Å²) in [5.41, 5.74) is 1.23. The summed E-state index contributed by atoms with van der Waals surface area (Å²) in [6.07, 6.45) is 0. The molecule has 144 valence electrons. The molecular formula is C19H22ClN3O3S. The van der Waals surface area contributed by atoms with E-state index in [-0.39, 0.29) is 27.4 Å². The van der Waals surface area contributed by atoms with E-state index in [1.165, 1.54) is 25.2 Å². The van der Waals surface area contributed by atoms with E-state index in [1.54, 1.807) is 4.90 Å². The van der Waals surface area contributed by atoms with Gasteiger partial charge in [0.2, 0.25) is 10.0 Å². The molecule has 8 heteroatoms. The lowest BCUT2D eigenvalue weighted by Gasteiger charge is -2.40. The topological polar surface area (TPSA) is 69.7 Å². The van der Waals surface area contributed by atoms with E-state index in [0.717, 1.165) is 12.1 Å². The molecule has 0 saturated carbocycles. The lowest BCUT2D eigenvalue weighted by Crippen LogP contribution is -2.49. The molecule has 1 amide bonds. The number of rotatable bonds is 4. The largest absolute Gasteiger partial charge is 0.329 e. The molecule has 2 aromatic rings. The Kier molecular flexibility index (Phi) is 5.86. The van der Waals surface area contributed by atoms with Crippen LogP contribution in [0.4, 0.5) is 0 Å². The molecule has 0 aromatic heterocycles. The van der Waals surface area contributed by atoms with Gasteiger partial charge in [-0.05, 0) is 37.9 Å². The first kappa shape index (κ1) is 19.8. The average Bonchev–Trinajstić information content (AvgIpc) is 2.68. The highest BCUT2D eigenvalue weighted by Crippen LogP contribution is 2.29. The van der Waals surface area contributed by atoms with Crippen LogP contribution in [0.5, 0.6) is 0 Å². The summed E-state index contributed by atoms with van der Waals surface area (Å²) in [7, 11) is -0.314.